The molecule has 1 aliphatic rings. The summed E-state index contributed by atoms with van der Waals surface area (Å²) < 4.78 is 45.5. The fourth-order valence-electron chi connectivity index (χ4n) is 2.42. The first-order chi connectivity index (χ1) is 9.90. The number of esters is 1. The lowest BCUT2D eigenvalue weighted by molar-refractivity contribution is -0.274. The number of piperidine rings is 1. The topological polar surface area (TPSA) is 47.6 Å². The molecule has 0 bridgehead atoms. The molecule has 1 heterocycles. The molecule has 1 atom stereocenters. The Morgan fingerprint density at radius 2 is 2.14 bits per heavy atom. The van der Waals surface area contributed by atoms with Crippen LogP contribution in [0.5, 0.6) is 5.75 Å². The molecule has 116 valence electrons. The van der Waals surface area contributed by atoms with Gasteiger partial charge in [0.05, 0.1) is 7.11 Å². The Labute approximate surface area is 120 Å². The van der Waals surface area contributed by atoms with Crippen molar-refractivity contribution in [2.45, 2.75) is 25.1 Å². The third-order valence-corrected chi connectivity index (χ3v) is 3.40. The molecule has 1 N–H and O–H groups in total. The summed E-state index contributed by atoms with van der Waals surface area (Å²) in [5, 5.41) is 3.22. The lowest BCUT2D eigenvalue weighted by Gasteiger charge is -2.24. The average molecular weight is 303 g/mol. The monoisotopic (exact) mass is 303 g/mol. The molecule has 0 spiro atoms. The quantitative estimate of drug-likeness (QED) is 0.872. The number of ether oxygens (including phenoxy) is 2. The summed E-state index contributed by atoms with van der Waals surface area (Å²) in [5.74, 6) is -1.22. The van der Waals surface area contributed by atoms with Crippen molar-refractivity contribution < 1.29 is 27.4 Å². The van der Waals surface area contributed by atoms with Crippen LogP contribution in [0.4, 0.5) is 13.2 Å². The molecule has 1 saturated heterocycles. The van der Waals surface area contributed by atoms with Gasteiger partial charge in [-0.15, -0.1) is 13.2 Å². The number of benzene rings is 1. The van der Waals surface area contributed by atoms with Crippen molar-refractivity contribution in [1.29, 1.82) is 0 Å². The average Bonchev–Trinajstić information content (AvgIpc) is 2.46. The largest absolute Gasteiger partial charge is 0.573 e. The predicted octanol–water partition coefficient (Wildman–Crippen LogP) is 2.84. The standard InChI is InChI=1S/C14H16F3NO3/c1-20-13(19)11-7-9(10-3-2-6-18-8-10)4-5-12(11)21-14(15,16)17/h4-5,7,10,18H,2-3,6,8H2,1H3. The predicted molar refractivity (Wildman–Crippen MR) is 69.3 cm³/mol. The van der Waals surface area contributed by atoms with Crippen LogP contribution in [0.3, 0.4) is 0 Å². The van der Waals surface area contributed by atoms with Crippen LogP contribution in [0.25, 0.3) is 0 Å². The molecule has 1 aromatic carbocycles. The van der Waals surface area contributed by atoms with E-state index in [2.05, 4.69) is 14.8 Å². The van der Waals surface area contributed by atoms with Crippen LogP contribution >= 0.6 is 0 Å². The second-order valence-electron chi connectivity index (χ2n) is 4.84. The number of alkyl halides is 3. The second-order valence-corrected chi connectivity index (χ2v) is 4.84. The Morgan fingerprint density at radius 3 is 2.71 bits per heavy atom. The Balaban J connectivity index is 2.32. The van der Waals surface area contributed by atoms with E-state index < -0.39 is 18.1 Å². The molecule has 1 aromatic rings. The molecule has 1 unspecified atom stereocenters. The number of halogens is 3. The first-order valence-electron chi connectivity index (χ1n) is 6.59. The fraction of sp³-hybridized carbons (Fsp3) is 0.500. The van der Waals surface area contributed by atoms with Gasteiger partial charge in [-0.3, -0.25) is 0 Å². The highest BCUT2D eigenvalue weighted by atomic mass is 19.4. The van der Waals surface area contributed by atoms with E-state index in [4.69, 9.17) is 0 Å². The number of hydrogen-bond donors (Lipinski definition) is 1. The maximum atomic E-state index is 12.4. The van der Waals surface area contributed by atoms with Gasteiger partial charge in [0.15, 0.2) is 0 Å². The van der Waals surface area contributed by atoms with Crippen LogP contribution in [0.15, 0.2) is 18.2 Å². The molecule has 1 aliphatic heterocycles. The van der Waals surface area contributed by atoms with Crippen LogP contribution in [0, 0.1) is 0 Å². The van der Waals surface area contributed by atoms with Gasteiger partial charge in [0, 0.05) is 6.54 Å². The van der Waals surface area contributed by atoms with Crippen molar-refractivity contribution in [3.05, 3.63) is 29.3 Å². The summed E-state index contributed by atoms with van der Waals surface area (Å²) in [4.78, 5) is 11.7. The SMILES string of the molecule is COC(=O)c1cc(C2CCCNC2)ccc1OC(F)(F)F. The summed E-state index contributed by atoms with van der Waals surface area (Å²) >= 11 is 0. The zero-order valence-corrected chi connectivity index (χ0v) is 11.5. The first-order valence-corrected chi connectivity index (χ1v) is 6.59. The number of methoxy groups -OCH3 is 1. The Hall–Kier alpha value is -1.76. The molecule has 0 aliphatic carbocycles. The van der Waals surface area contributed by atoms with Crippen LogP contribution in [0.1, 0.15) is 34.7 Å². The van der Waals surface area contributed by atoms with E-state index in [0.717, 1.165) is 38.6 Å². The van der Waals surface area contributed by atoms with Gasteiger partial charge in [-0.1, -0.05) is 6.07 Å². The van der Waals surface area contributed by atoms with E-state index in [0.29, 0.717) is 0 Å². The number of rotatable bonds is 3. The van der Waals surface area contributed by atoms with Crippen LogP contribution < -0.4 is 10.1 Å². The number of carbonyl (C=O) groups excluding carboxylic acids is 1. The summed E-state index contributed by atoms with van der Waals surface area (Å²) in [5.41, 5.74) is 0.593. The molecule has 0 amide bonds. The Bertz CT molecular complexity index is 511. The van der Waals surface area contributed by atoms with Gasteiger partial charge in [-0.2, -0.15) is 0 Å². The maximum Gasteiger partial charge on any atom is 0.573 e. The van der Waals surface area contributed by atoms with Crippen molar-refractivity contribution in [2.24, 2.45) is 0 Å². The minimum Gasteiger partial charge on any atom is -0.465 e. The van der Waals surface area contributed by atoms with Crippen molar-refractivity contribution in [2.75, 3.05) is 20.2 Å². The van der Waals surface area contributed by atoms with E-state index in [1.807, 2.05) is 0 Å². The zero-order valence-electron chi connectivity index (χ0n) is 11.5. The van der Waals surface area contributed by atoms with Gasteiger partial charge >= 0.3 is 12.3 Å². The number of carbonyl (C=O) groups is 1. The summed E-state index contributed by atoms with van der Waals surface area (Å²) in [6.07, 6.45) is -2.94. The smallest absolute Gasteiger partial charge is 0.465 e. The van der Waals surface area contributed by atoms with E-state index in [1.165, 1.54) is 12.1 Å². The minimum atomic E-state index is -4.85. The molecular formula is C14H16F3NO3. The molecular weight excluding hydrogens is 287 g/mol. The summed E-state index contributed by atoms with van der Waals surface area (Å²) in [7, 11) is 1.12. The molecule has 2 rings (SSSR count). The molecule has 1 fully saturated rings. The molecule has 0 radical (unpaired) electrons. The van der Waals surface area contributed by atoms with Gasteiger partial charge in [0.2, 0.25) is 0 Å². The third-order valence-electron chi connectivity index (χ3n) is 3.40. The molecule has 0 aromatic heterocycles. The van der Waals surface area contributed by atoms with E-state index in [-0.39, 0.29) is 11.5 Å². The lowest BCUT2D eigenvalue weighted by Crippen LogP contribution is -2.28. The normalized spacial score (nSPS) is 19.1. The zero-order chi connectivity index (χ0) is 15.5. The van der Waals surface area contributed by atoms with E-state index in [1.54, 1.807) is 6.07 Å². The number of hydrogen-bond acceptors (Lipinski definition) is 4. The minimum absolute atomic E-state index is 0.169. The van der Waals surface area contributed by atoms with Gasteiger partial charge < -0.3 is 14.8 Å². The highest BCUT2D eigenvalue weighted by Crippen LogP contribution is 2.31. The van der Waals surface area contributed by atoms with E-state index in [9.17, 15) is 18.0 Å². The highest BCUT2D eigenvalue weighted by molar-refractivity contribution is 5.92. The van der Waals surface area contributed by atoms with Crippen LogP contribution in [-0.2, 0) is 4.74 Å². The van der Waals surface area contributed by atoms with Crippen molar-refractivity contribution in [3.63, 3.8) is 0 Å². The van der Waals surface area contributed by atoms with Crippen LogP contribution in [-0.4, -0.2) is 32.5 Å². The van der Waals surface area contributed by atoms with Crippen molar-refractivity contribution in [1.82, 2.24) is 5.32 Å². The van der Waals surface area contributed by atoms with E-state index >= 15 is 0 Å². The molecule has 7 heteroatoms. The Kier molecular flexibility index (Phi) is 4.72. The van der Waals surface area contributed by atoms with Crippen molar-refractivity contribution in [3.8, 4) is 5.75 Å². The first kappa shape index (κ1) is 15.6. The van der Waals surface area contributed by atoms with Gasteiger partial charge in [-0.05, 0) is 43.0 Å². The van der Waals surface area contributed by atoms with Gasteiger partial charge in [0.25, 0.3) is 0 Å². The molecule has 0 saturated carbocycles. The second kappa shape index (κ2) is 6.34. The maximum absolute atomic E-state index is 12.4. The highest BCUT2D eigenvalue weighted by Gasteiger charge is 2.33. The Morgan fingerprint density at radius 1 is 1.38 bits per heavy atom. The fourth-order valence-corrected chi connectivity index (χ4v) is 2.42. The van der Waals surface area contributed by atoms with Crippen LogP contribution in [0.2, 0.25) is 0 Å². The summed E-state index contributed by atoms with van der Waals surface area (Å²) in [6.45, 7) is 1.66. The summed E-state index contributed by atoms with van der Waals surface area (Å²) in [6, 6.07) is 4.15. The van der Waals surface area contributed by atoms with Gasteiger partial charge in [0.1, 0.15) is 11.3 Å². The number of nitrogens with one attached hydrogen (secondary N) is 1. The lowest BCUT2D eigenvalue weighted by atomic mass is 9.90. The molecule has 4 nitrogen and oxygen atoms in total. The van der Waals surface area contributed by atoms with Crippen molar-refractivity contribution >= 4 is 5.97 Å². The van der Waals surface area contributed by atoms with Gasteiger partial charge in [-0.25, -0.2) is 4.79 Å². The molecule has 21 heavy (non-hydrogen) atoms. The third kappa shape index (κ3) is 4.10.